The molecule has 128 valence electrons. The summed E-state index contributed by atoms with van der Waals surface area (Å²) in [6.07, 6.45) is 0. The van der Waals surface area contributed by atoms with Crippen LogP contribution in [0, 0.1) is 5.92 Å². The monoisotopic (exact) mass is 366 g/mol. The van der Waals surface area contributed by atoms with Gasteiger partial charge in [0.2, 0.25) is 5.60 Å². The summed E-state index contributed by atoms with van der Waals surface area (Å²) in [7, 11) is -1.93. The first-order valence-corrected chi connectivity index (χ1v) is 10.1. The van der Waals surface area contributed by atoms with Crippen molar-refractivity contribution in [3.8, 4) is 0 Å². The summed E-state index contributed by atoms with van der Waals surface area (Å²) in [5.74, 6) is -1.57. The van der Waals surface area contributed by atoms with E-state index >= 15 is 0 Å². The second-order valence-electron chi connectivity index (χ2n) is 6.17. The first-order chi connectivity index (χ1) is 11.2. The predicted octanol–water partition coefficient (Wildman–Crippen LogP) is 3.97. The summed E-state index contributed by atoms with van der Waals surface area (Å²) in [6.45, 7) is 4.76. The van der Waals surface area contributed by atoms with Gasteiger partial charge in [-0.2, -0.15) is 0 Å². The summed E-state index contributed by atoms with van der Waals surface area (Å²) < 4.78 is 12.6. The van der Waals surface area contributed by atoms with E-state index in [1.807, 2.05) is 36.4 Å². The SMILES string of the molecule is CC(C)C([P+](=O)CSc1ccc2ccccc2n1)C(C)(O)C(=O)O. The number of para-hydroxylation sites is 1. The Labute approximate surface area is 146 Å². The summed E-state index contributed by atoms with van der Waals surface area (Å²) >= 11 is 1.32. The summed E-state index contributed by atoms with van der Waals surface area (Å²) in [4.78, 5) is 15.8. The van der Waals surface area contributed by atoms with Gasteiger partial charge in [0, 0.05) is 11.3 Å². The van der Waals surface area contributed by atoms with Gasteiger partial charge in [-0.3, -0.25) is 0 Å². The van der Waals surface area contributed by atoms with E-state index in [-0.39, 0.29) is 11.4 Å². The zero-order valence-electron chi connectivity index (χ0n) is 13.8. The molecule has 7 heteroatoms. The van der Waals surface area contributed by atoms with Crippen LogP contribution >= 0.6 is 19.6 Å². The van der Waals surface area contributed by atoms with Crippen molar-refractivity contribution in [3.05, 3.63) is 36.4 Å². The first kappa shape index (κ1) is 18.8. The second kappa shape index (κ2) is 7.60. The smallest absolute Gasteiger partial charge is 0.356 e. The fourth-order valence-electron chi connectivity index (χ4n) is 2.73. The largest absolute Gasteiger partial charge is 0.479 e. The molecule has 1 aromatic heterocycles. The molecule has 24 heavy (non-hydrogen) atoms. The zero-order valence-corrected chi connectivity index (χ0v) is 15.6. The highest BCUT2D eigenvalue weighted by atomic mass is 32.2. The molecule has 2 rings (SSSR count). The molecule has 0 spiro atoms. The lowest BCUT2D eigenvalue weighted by molar-refractivity contribution is -0.157. The van der Waals surface area contributed by atoms with Crippen LogP contribution in [0.1, 0.15) is 20.8 Å². The van der Waals surface area contributed by atoms with Gasteiger partial charge in [0.15, 0.2) is 11.2 Å². The van der Waals surface area contributed by atoms with Crippen molar-refractivity contribution in [2.24, 2.45) is 5.92 Å². The van der Waals surface area contributed by atoms with E-state index in [2.05, 4.69) is 4.98 Å². The van der Waals surface area contributed by atoms with Crippen LogP contribution in [0.4, 0.5) is 0 Å². The molecule has 0 radical (unpaired) electrons. The van der Waals surface area contributed by atoms with Gasteiger partial charge < -0.3 is 10.2 Å². The molecule has 0 aliphatic rings. The van der Waals surface area contributed by atoms with Crippen molar-refractivity contribution in [3.63, 3.8) is 0 Å². The number of hydrogen-bond donors (Lipinski definition) is 2. The molecule has 1 aromatic carbocycles. The normalized spacial score (nSPS) is 16.0. The maximum Gasteiger partial charge on any atom is 0.356 e. The Morgan fingerprint density at radius 1 is 1.29 bits per heavy atom. The Kier molecular flexibility index (Phi) is 5.97. The van der Waals surface area contributed by atoms with Crippen LogP contribution in [-0.4, -0.2) is 37.9 Å². The molecule has 0 aliphatic carbocycles. The Balaban J connectivity index is 2.13. The highest BCUT2D eigenvalue weighted by Crippen LogP contribution is 2.44. The van der Waals surface area contributed by atoms with Crippen LogP contribution in [0.5, 0.6) is 0 Å². The molecule has 0 fully saturated rings. The average Bonchev–Trinajstić information content (AvgIpc) is 2.52. The molecule has 0 aliphatic heterocycles. The van der Waals surface area contributed by atoms with Gasteiger partial charge in [-0.15, -0.1) is 0 Å². The predicted molar refractivity (Wildman–Crippen MR) is 97.0 cm³/mol. The number of aliphatic carboxylic acids is 1. The molecule has 0 amide bonds. The van der Waals surface area contributed by atoms with Crippen molar-refractivity contribution >= 4 is 36.4 Å². The van der Waals surface area contributed by atoms with Gasteiger partial charge in [-0.05, 0) is 19.1 Å². The van der Waals surface area contributed by atoms with Crippen molar-refractivity contribution in [1.82, 2.24) is 4.98 Å². The molecule has 0 bridgehead atoms. The average molecular weight is 366 g/mol. The number of thioether (sulfide) groups is 1. The number of carboxylic acids is 1. The lowest BCUT2D eigenvalue weighted by Gasteiger charge is -2.24. The highest BCUT2D eigenvalue weighted by molar-refractivity contribution is 8.03. The summed E-state index contributed by atoms with van der Waals surface area (Å²) in [5.41, 5.74) is -1.76. The number of fused-ring (bicyclic) bond motifs is 1. The van der Waals surface area contributed by atoms with Crippen LogP contribution in [-0.2, 0) is 9.36 Å². The lowest BCUT2D eigenvalue weighted by atomic mass is 9.94. The number of aliphatic hydroxyl groups is 1. The van der Waals surface area contributed by atoms with Gasteiger partial charge in [0.25, 0.3) is 0 Å². The number of hydrogen-bond acceptors (Lipinski definition) is 5. The Morgan fingerprint density at radius 3 is 2.58 bits per heavy atom. The van der Waals surface area contributed by atoms with Crippen molar-refractivity contribution in [1.29, 1.82) is 0 Å². The van der Waals surface area contributed by atoms with E-state index < -0.39 is 25.0 Å². The quantitative estimate of drug-likeness (QED) is 0.569. The molecule has 3 unspecified atom stereocenters. The van der Waals surface area contributed by atoms with Crippen LogP contribution < -0.4 is 0 Å². The fraction of sp³-hybridized carbons (Fsp3) is 0.412. The third kappa shape index (κ3) is 4.12. The van der Waals surface area contributed by atoms with E-state index in [0.29, 0.717) is 0 Å². The summed E-state index contributed by atoms with van der Waals surface area (Å²) in [6, 6.07) is 11.5. The third-order valence-electron chi connectivity index (χ3n) is 3.86. The molecule has 1 heterocycles. The Bertz CT molecular complexity index is 763. The number of rotatable bonds is 7. The maximum absolute atomic E-state index is 12.6. The van der Waals surface area contributed by atoms with E-state index in [1.165, 1.54) is 18.7 Å². The number of carboxylic acid groups (broad SMARTS) is 1. The molecule has 0 saturated heterocycles. The van der Waals surface area contributed by atoms with Gasteiger partial charge in [-0.1, -0.05) is 54.4 Å². The first-order valence-electron chi connectivity index (χ1n) is 7.61. The number of benzene rings is 1. The fourth-order valence-corrected chi connectivity index (χ4v) is 6.07. The topological polar surface area (TPSA) is 87.5 Å². The van der Waals surface area contributed by atoms with Crippen molar-refractivity contribution in [2.75, 3.05) is 5.49 Å². The maximum atomic E-state index is 12.6. The summed E-state index contributed by atoms with van der Waals surface area (Å²) in [5, 5.41) is 21.2. The molecular weight excluding hydrogens is 345 g/mol. The number of carbonyl (C=O) groups is 1. The zero-order chi connectivity index (χ0) is 17.9. The minimum atomic E-state index is -2.01. The van der Waals surface area contributed by atoms with E-state index in [9.17, 15) is 19.6 Å². The Morgan fingerprint density at radius 2 is 1.96 bits per heavy atom. The number of pyridine rings is 1. The molecule has 2 N–H and O–H groups in total. The third-order valence-corrected chi connectivity index (χ3v) is 7.64. The minimum absolute atomic E-state index is 0.215. The second-order valence-corrected chi connectivity index (χ2v) is 9.30. The highest BCUT2D eigenvalue weighted by Gasteiger charge is 2.52. The van der Waals surface area contributed by atoms with Crippen LogP contribution in [0.15, 0.2) is 41.4 Å². The molecule has 2 aromatic rings. The van der Waals surface area contributed by atoms with Crippen LogP contribution in [0.2, 0.25) is 0 Å². The molecule has 3 atom stereocenters. The van der Waals surface area contributed by atoms with E-state index in [4.69, 9.17) is 0 Å². The van der Waals surface area contributed by atoms with Gasteiger partial charge in [-0.25, -0.2) is 9.78 Å². The van der Waals surface area contributed by atoms with Gasteiger partial charge in [0.05, 0.1) is 5.52 Å². The van der Waals surface area contributed by atoms with E-state index in [0.717, 1.165) is 15.9 Å². The number of aromatic nitrogens is 1. The molecular formula is C17H21NO4PS+. The van der Waals surface area contributed by atoms with Crippen LogP contribution in [0.3, 0.4) is 0 Å². The number of nitrogens with zero attached hydrogens (tertiary/aromatic N) is 1. The standard InChI is InChI=1S/C17H20NO4PS/c1-11(2)15(17(3,21)16(19)20)23(22)10-24-14-9-8-12-6-4-5-7-13(12)18-14/h4-9,11,15,21H,10H2,1-3H3/p+1. The van der Waals surface area contributed by atoms with E-state index in [1.54, 1.807) is 13.8 Å². The van der Waals surface area contributed by atoms with Gasteiger partial charge in [0.1, 0.15) is 5.03 Å². The van der Waals surface area contributed by atoms with Crippen molar-refractivity contribution < 1.29 is 19.6 Å². The van der Waals surface area contributed by atoms with Crippen molar-refractivity contribution in [2.45, 2.75) is 37.1 Å². The Hall–Kier alpha value is -1.49. The lowest BCUT2D eigenvalue weighted by Crippen LogP contribution is -2.47. The molecule has 0 saturated carbocycles. The van der Waals surface area contributed by atoms with Gasteiger partial charge >= 0.3 is 13.8 Å². The minimum Gasteiger partial charge on any atom is -0.479 e. The molecule has 5 nitrogen and oxygen atoms in total. The van der Waals surface area contributed by atoms with Crippen LogP contribution in [0.25, 0.3) is 10.9 Å².